The van der Waals surface area contributed by atoms with Crippen molar-refractivity contribution in [1.82, 2.24) is 4.31 Å². The lowest BCUT2D eigenvalue weighted by atomic mass is 10.1. The number of nitrogens with zero attached hydrogens (tertiary/aromatic N) is 1. The number of carboxylic acids is 1. The van der Waals surface area contributed by atoms with Crippen LogP contribution >= 0.6 is 0 Å². The minimum Gasteiger partial charge on any atom is -0.478 e. The zero-order chi connectivity index (χ0) is 18.2. The van der Waals surface area contributed by atoms with Crippen LogP contribution in [0.25, 0.3) is 0 Å². The Morgan fingerprint density at radius 3 is 2.17 bits per heavy atom. The SMILES string of the molecule is Cc1ccc(C(C)N(C)S(=O)(=O)c2c(C)oc(C)c2C(=O)O)cc1. The van der Waals surface area contributed by atoms with E-state index in [1.807, 2.05) is 31.2 Å². The van der Waals surface area contributed by atoms with Gasteiger partial charge in [-0.1, -0.05) is 29.8 Å². The van der Waals surface area contributed by atoms with Crippen LogP contribution in [0.2, 0.25) is 0 Å². The first-order valence-corrected chi connectivity index (χ1v) is 8.89. The van der Waals surface area contributed by atoms with Crippen LogP contribution in [0.1, 0.15) is 46.0 Å². The van der Waals surface area contributed by atoms with Gasteiger partial charge < -0.3 is 9.52 Å². The number of sulfonamides is 1. The maximum absolute atomic E-state index is 13.0. The molecule has 1 aromatic heterocycles. The van der Waals surface area contributed by atoms with Crippen molar-refractivity contribution in [3.63, 3.8) is 0 Å². The van der Waals surface area contributed by atoms with Crippen LogP contribution in [-0.2, 0) is 10.0 Å². The maximum Gasteiger partial charge on any atom is 0.340 e. The van der Waals surface area contributed by atoms with E-state index in [1.54, 1.807) is 6.92 Å². The Bertz CT molecular complexity index is 865. The van der Waals surface area contributed by atoms with Gasteiger partial charge in [-0.2, -0.15) is 4.31 Å². The number of furan rings is 1. The van der Waals surface area contributed by atoms with Gasteiger partial charge in [0.15, 0.2) is 0 Å². The monoisotopic (exact) mass is 351 g/mol. The Morgan fingerprint density at radius 2 is 1.67 bits per heavy atom. The standard InChI is InChI=1S/C17H21NO5S/c1-10-6-8-14(9-7-10)11(2)18(5)24(21,22)16-13(4)23-12(3)15(16)17(19)20/h6-9,11H,1-5H3,(H,19,20). The molecular formula is C17H21NO5S. The van der Waals surface area contributed by atoms with E-state index in [-0.39, 0.29) is 22.0 Å². The predicted octanol–water partition coefficient (Wildman–Crippen LogP) is 3.28. The normalized spacial score (nSPS) is 13.2. The highest BCUT2D eigenvalue weighted by molar-refractivity contribution is 7.89. The molecule has 0 fully saturated rings. The van der Waals surface area contributed by atoms with E-state index >= 15 is 0 Å². The van der Waals surface area contributed by atoms with Crippen molar-refractivity contribution in [2.24, 2.45) is 0 Å². The molecule has 24 heavy (non-hydrogen) atoms. The lowest BCUT2D eigenvalue weighted by Gasteiger charge is -2.24. The Kier molecular flexibility index (Phi) is 4.87. The molecule has 6 nitrogen and oxygen atoms in total. The van der Waals surface area contributed by atoms with E-state index in [2.05, 4.69) is 0 Å². The first-order valence-electron chi connectivity index (χ1n) is 7.45. The second kappa shape index (κ2) is 6.41. The van der Waals surface area contributed by atoms with E-state index in [4.69, 9.17) is 4.42 Å². The van der Waals surface area contributed by atoms with Crippen LogP contribution in [0.5, 0.6) is 0 Å². The molecule has 1 unspecified atom stereocenters. The number of hydrogen-bond acceptors (Lipinski definition) is 4. The molecule has 0 aliphatic heterocycles. The van der Waals surface area contributed by atoms with Crippen LogP contribution < -0.4 is 0 Å². The first kappa shape index (κ1) is 18.2. The quantitative estimate of drug-likeness (QED) is 0.893. The molecule has 0 spiro atoms. The zero-order valence-electron chi connectivity index (χ0n) is 14.3. The molecule has 1 atom stereocenters. The summed E-state index contributed by atoms with van der Waals surface area (Å²) in [6, 6.07) is 7.08. The minimum atomic E-state index is -4.02. The summed E-state index contributed by atoms with van der Waals surface area (Å²) in [6.07, 6.45) is 0. The van der Waals surface area contributed by atoms with Crippen molar-refractivity contribution in [2.45, 2.75) is 38.6 Å². The van der Waals surface area contributed by atoms with Crippen LogP contribution in [0, 0.1) is 20.8 Å². The Labute approximate surface area is 141 Å². The van der Waals surface area contributed by atoms with Gasteiger partial charge in [0.05, 0.1) is 0 Å². The van der Waals surface area contributed by atoms with Crippen LogP contribution in [0.4, 0.5) is 0 Å². The average Bonchev–Trinajstić information content (AvgIpc) is 2.81. The summed E-state index contributed by atoms with van der Waals surface area (Å²) in [5.74, 6) is -1.16. The van der Waals surface area contributed by atoms with Crippen molar-refractivity contribution in [2.75, 3.05) is 7.05 Å². The van der Waals surface area contributed by atoms with Gasteiger partial charge in [0.1, 0.15) is 22.0 Å². The number of rotatable bonds is 5. The third-order valence-electron chi connectivity index (χ3n) is 4.16. The molecule has 0 saturated heterocycles. The lowest BCUT2D eigenvalue weighted by molar-refractivity contribution is 0.0691. The molecule has 0 aliphatic rings. The summed E-state index contributed by atoms with van der Waals surface area (Å²) in [5.41, 5.74) is 1.59. The first-order chi connectivity index (χ1) is 11.1. The Balaban J connectivity index is 2.51. The van der Waals surface area contributed by atoms with Gasteiger partial charge in [0.2, 0.25) is 10.0 Å². The molecule has 1 heterocycles. The van der Waals surface area contributed by atoms with Gasteiger partial charge in [-0.15, -0.1) is 0 Å². The largest absolute Gasteiger partial charge is 0.478 e. The summed E-state index contributed by atoms with van der Waals surface area (Å²) in [6.45, 7) is 6.60. The predicted molar refractivity (Wildman–Crippen MR) is 89.7 cm³/mol. The van der Waals surface area contributed by atoms with Crippen molar-refractivity contribution < 1.29 is 22.7 Å². The molecule has 1 aromatic carbocycles. The van der Waals surface area contributed by atoms with Gasteiger partial charge in [0.25, 0.3) is 0 Å². The zero-order valence-corrected chi connectivity index (χ0v) is 15.1. The molecule has 0 bridgehead atoms. The van der Waals surface area contributed by atoms with Gasteiger partial charge >= 0.3 is 5.97 Å². The second-order valence-corrected chi connectivity index (χ2v) is 7.77. The minimum absolute atomic E-state index is 0.0767. The van der Waals surface area contributed by atoms with Crippen molar-refractivity contribution in [3.05, 3.63) is 52.5 Å². The smallest absolute Gasteiger partial charge is 0.340 e. The fraction of sp³-hybridized carbons (Fsp3) is 0.353. The molecule has 0 amide bonds. The molecule has 1 N–H and O–H groups in total. The molecular weight excluding hydrogens is 330 g/mol. The van der Waals surface area contributed by atoms with Crippen LogP contribution in [0.3, 0.4) is 0 Å². The molecule has 0 saturated carbocycles. The number of hydrogen-bond donors (Lipinski definition) is 1. The van der Waals surface area contributed by atoms with Gasteiger partial charge in [-0.3, -0.25) is 0 Å². The number of carbonyl (C=O) groups is 1. The number of aryl methyl sites for hydroxylation is 3. The van der Waals surface area contributed by atoms with Crippen LogP contribution in [0.15, 0.2) is 33.6 Å². The Hall–Kier alpha value is -2.12. The Morgan fingerprint density at radius 1 is 1.12 bits per heavy atom. The number of aromatic carboxylic acids is 1. The van der Waals surface area contributed by atoms with Gasteiger partial charge in [-0.05, 0) is 33.3 Å². The lowest BCUT2D eigenvalue weighted by Crippen LogP contribution is -2.31. The fourth-order valence-corrected chi connectivity index (χ4v) is 4.35. The van der Waals surface area contributed by atoms with Gasteiger partial charge in [0, 0.05) is 13.1 Å². The van der Waals surface area contributed by atoms with E-state index in [9.17, 15) is 18.3 Å². The molecule has 130 valence electrons. The highest BCUT2D eigenvalue weighted by atomic mass is 32.2. The maximum atomic E-state index is 13.0. The summed E-state index contributed by atoms with van der Waals surface area (Å²) in [7, 11) is -2.59. The molecule has 2 aromatic rings. The topological polar surface area (TPSA) is 87.8 Å². The summed E-state index contributed by atoms with van der Waals surface area (Å²) in [4.78, 5) is 11.2. The third kappa shape index (κ3) is 3.09. The summed E-state index contributed by atoms with van der Waals surface area (Å²) >= 11 is 0. The van der Waals surface area contributed by atoms with E-state index in [1.165, 1.54) is 25.2 Å². The molecule has 0 aliphatic carbocycles. The van der Waals surface area contributed by atoms with Gasteiger partial charge in [-0.25, -0.2) is 13.2 Å². The number of benzene rings is 1. The van der Waals surface area contributed by atoms with Crippen molar-refractivity contribution >= 4 is 16.0 Å². The number of carboxylic acid groups (broad SMARTS) is 1. The van der Waals surface area contributed by atoms with E-state index in [0.717, 1.165) is 11.1 Å². The summed E-state index contributed by atoms with van der Waals surface area (Å²) in [5, 5.41) is 9.35. The van der Waals surface area contributed by atoms with Crippen LogP contribution in [-0.4, -0.2) is 30.8 Å². The van der Waals surface area contributed by atoms with Crippen molar-refractivity contribution in [3.8, 4) is 0 Å². The molecule has 7 heteroatoms. The average molecular weight is 351 g/mol. The second-order valence-electron chi connectivity index (χ2n) is 5.83. The highest BCUT2D eigenvalue weighted by Crippen LogP contribution is 2.32. The highest BCUT2D eigenvalue weighted by Gasteiger charge is 2.35. The van der Waals surface area contributed by atoms with E-state index in [0.29, 0.717) is 0 Å². The molecule has 2 rings (SSSR count). The fourth-order valence-electron chi connectivity index (χ4n) is 2.63. The summed E-state index contributed by atoms with van der Waals surface area (Å²) < 4.78 is 32.4. The third-order valence-corrected chi connectivity index (χ3v) is 6.24. The van der Waals surface area contributed by atoms with E-state index < -0.39 is 22.0 Å². The van der Waals surface area contributed by atoms with Crippen molar-refractivity contribution in [1.29, 1.82) is 0 Å². The molecule has 0 radical (unpaired) electrons.